The number of nitrogens with zero attached hydrogens (tertiary/aromatic N) is 1. The highest BCUT2D eigenvalue weighted by atomic mass is 19.3. The van der Waals surface area contributed by atoms with Crippen LogP contribution in [0.1, 0.15) is 44.6 Å². The Morgan fingerprint density at radius 3 is 2.81 bits per heavy atom. The summed E-state index contributed by atoms with van der Waals surface area (Å²) in [6.07, 6.45) is 7.54. The number of nitrogens with one attached hydrogen (secondary N) is 4. The number of halogens is 2. The van der Waals surface area contributed by atoms with Crippen molar-refractivity contribution in [2.45, 2.75) is 52.0 Å². The van der Waals surface area contributed by atoms with E-state index in [1.165, 1.54) is 0 Å². The molecule has 5 nitrogen and oxygen atoms in total. The summed E-state index contributed by atoms with van der Waals surface area (Å²) in [5.41, 5.74) is 4.48. The Morgan fingerprint density at radius 1 is 1.31 bits per heavy atom. The molecule has 32 heavy (non-hydrogen) atoms. The molecule has 0 bridgehead atoms. The van der Waals surface area contributed by atoms with Gasteiger partial charge in [-0.1, -0.05) is 31.7 Å². The van der Waals surface area contributed by atoms with Gasteiger partial charge in [0.1, 0.15) is 5.71 Å². The number of allylic oxidation sites excluding steroid dienone is 5. The quantitative estimate of drug-likeness (QED) is 0.180. The fourth-order valence-corrected chi connectivity index (χ4v) is 3.42. The predicted molar refractivity (Wildman–Crippen MR) is 129 cm³/mol. The van der Waals surface area contributed by atoms with Gasteiger partial charge in [0.2, 0.25) is 0 Å². The Kier molecular flexibility index (Phi) is 8.73. The molecule has 0 amide bonds. The van der Waals surface area contributed by atoms with Crippen molar-refractivity contribution in [3.05, 3.63) is 60.0 Å². The molecule has 7 heteroatoms. The molecule has 3 rings (SSSR count). The number of alkyl halides is 2. The summed E-state index contributed by atoms with van der Waals surface area (Å²) in [7, 11) is 0. The SMILES string of the molecule is C=C1Nc2cc(CNCCCCN/C(=C/C=C/C3CC3)C(=N)C(F)F)ccc2N=C1CC. The number of hydrogen-bond donors (Lipinski definition) is 4. The van der Waals surface area contributed by atoms with E-state index >= 15 is 0 Å². The summed E-state index contributed by atoms with van der Waals surface area (Å²) in [5.74, 6) is 0.575. The van der Waals surface area contributed by atoms with Crippen LogP contribution in [0.4, 0.5) is 20.2 Å². The third-order valence-corrected chi connectivity index (χ3v) is 5.49. The first-order chi connectivity index (χ1) is 15.5. The summed E-state index contributed by atoms with van der Waals surface area (Å²) in [4.78, 5) is 4.64. The van der Waals surface area contributed by atoms with Gasteiger partial charge in [-0.3, -0.25) is 5.41 Å². The Bertz CT molecular complexity index is 913. The number of aliphatic imine (C=N–C) groups is 1. The summed E-state index contributed by atoms with van der Waals surface area (Å²) < 4.78 is 25.8. The minimum absolute atomic E-state index is 0.210. The van der Waals surface area contributed by atoms with Crippen LogP contribution in [0.25, 0.3) is 0 Å². The molecule has 0 saturated heterocycles. The lowest BCUT2D eigenvalue weighted by Gasteiger charge is -2.20. The molecule has 2 aliphatic rings. The molecule has 1 aromatic carbocycles. The van der Waals surface area contributed by atoms with Crippen molar-refractivity contribution in [1.29, 1.82) is 5.41 Å². The molecule has 1 aliphatic heterocycles. The molecule has 1 fully saturated rings. The smallest absolute Gasteiger partial charge is 0.281 e. The lowest BCUT2D eigenvalue weighted by atomic mass is 10.1. The van der Waals surface area contributed by atoms with E-state index in [0.29, 0.717) is 12.5 Å². The highest BCUT2D eigenvalue weighted by Crippen LogP contribution is 2.32. The fourth-order valence-electron chi connectivity index (χ4n) is 3.42. The zero-order chi connectivity index (χ0) is 22.9. The molecule has 4 N–H and O–H groups in total. The number of rotatable bonds is 13. The average Bonchev–Trinajstić information content (AvgIpc) is 3.60. The van der Waals surface area contributed by atoms with Gasteiger partial charge in [-0.05, 0) is 68.3 Å². The van der Waals surface area contributed by atoms with Gasteiger partial charge in [0, 0.05) is 13.1 Å². The molecule has 0 radical (unpaired) electrons. The summed E-state index contributed by atoms with van der Waals surface area (Å²) in [5, 5.41) is 17.3. The first-order valence-corrected chi connectivity index (χ1v) is 11.3. The van der Waals surface area contributed by atoms with E-state index in [4.69, 9.17) is 5.41 Å². The second-order valence-corrected chi connectivity index (χ2v) is 8.19. The Labute approximate surface area is 189 Å². The number of fused-ring (bicyclic) bond motifs is 1. The van der Waals surface area contributed by atoms with Crippen molar-refractivity contribution in [3.63, 3.8) is 0 Å². The minimum atomic E-state index is -2.77. The van der Waals surface area contributed by atoms with Crippen LogP contribution < -0.4 is 16.0 Å². The molecular formula is C25H33F2N5. The molecule has 1 aromatic rings. The molecule has 0 aromatic heterocycles. The summed E-state index contributed by atoms with van der Waals surface area (Å²) in [6.45, 7) is 8.22. The maximum atomic E-state index is 12.9. The van der Waals surface area contributed by atoms with Crippen LogP contribution in [0.15, 0.2) is 59.4 Å². The van der Waals surface area contributed by atoms with E-state index in [9.17, 15) is 8.78 Å². The molecule has 0 unspecified atom stereocenters. The molecule has 0 atom stereocenters. The van der Waals surface area contributed by atoms with Crippen molar-refractivity contribution in [2.24, 2.45) is 10.9 Å². The second-order valence-electron chi connectivity index (χ2n) is 8.19. The topological polar surface area (TPSA) is 72.3 Å². The molecule has 0 spiro atoms. The first kappa shape index (κ1) is 23.9. The Hall–Kier alpha value is -2.80. The van der Waals surface area contributed by atoms with Crippen molar-refractivity contribution in [2.75, 3.05) is 18.4 Å². The Balaban J connectivity index is 1.37. The number of unbranched alkanes of at least 4 members (excludes halogenated alkanes) is 1. The average molecular weight is 442 g/mol. The molecule has 172 valence electrons. The van der Waals surface area contributed by atoms with Crippen molar-refractivity contribution in [3.8, 4) is 0 Å². The molecular weight excluding hydrogens is 408 g/mol. The van der Waals surface area contributed by atoms with Gasteiger partial charge in [0.15, 0.2) is 0 Å². The normalized spacial score (nSPS) is 16.2. The number of anilines is 1. The van der Waals surface area contributed by atoms with Crippen molar-refractivity contribution >= 4 is 22.8 Å². The van der Waals surface area contributed by atoms with Crippen LogP contribution in [-0.4, -0.2) is 30.9 Å². The fraction of sp³-hybridized carbons (Fsp3) is 0.440. The maximum absolute atomic E-state index is 12.9. The van der Waals surface area contributed by atoms with E-state index in [1.807, 2.05) is 12.1 Å². The van der Waals surface area contributed by atoms with E-state index in [-0.39, 0.29) is 5.70 Å². The van der Waals surface area contributed by atoms with Crippen LogP contribution >= 0.6 is 0 Å². The zero-order valence-corrected chi connectivity index (χ0v) is 18.7. The van der Waals surface area contributed by atoms with Crippen LogP contribution in [0.3, 0.4) is 0 Å². The lowest BCUT2D eigenvalue weighted by molar-refractivity contribution is 0.224. The Morgan fingerprint density at radius 2 is 2.09 bits per heavy atom. The zero-order valence-electron chi connectivity index (χ0n) is 18.7. The highest BCUT2D eigenvalue weighted by molar-refractivity contribution is 6.06. The van der Waals surface area contributed by atoms with Gasteiger partial charge < -0.3 is 16.0 Å². The maximum Gasteiger partial charge on any atom is 0.281 e. The monoisotopic (exact) mass is 441 g/mol. The van der Waals surface area contributed by atoms with E-state index in [0.717, 1.165) is 73.5 Å². The van der Waals surface area contributed by atoms with Gasteiger partial charge in [-0.25, -0.2) is 13.8 Å². The van der Waals surface area contributed by atoms with Crippen molar-refractivity contribution in [1.82, 2.24) is 10.6 Å². The first-order valence-electron chi connectivity index (χ1n) is 11.3. The molecule has 1 aliphatic carbocycles. The predicted octanol–water partition coefficient (Wildman–Crippen LogP) is 5.70. The third-order valence-electron chi connectivity index (χ3n) is 5.49. The number of benzene rings is 1. The minimum Gasteiger partial charge on any atom is -0.383 e. The standard InChI is InChI=1S/C25H33F2N5/c1-3-20-17(2)31-23-15-19(11-12-21(23)32-20)16-29-13-4-5-14-30-22(24(28)25(26)27)8-6-7-18-9-10-18/h6-8,11-12,15,18,25,28-31H,2-5,9-10,13-14,16H2,1H3/b7-6+,22-8+,28-24?. The van der Waals surface area contributed by atoms with Gasteiger partial charge >= 0.3 is 0 Å². The highest BCUT2D eigenvalue weighted by Gasteiger charge is 2.18. The third kappa shape index (κ3) is 7.12. The van der Waals surface area contributed by atoms with Crippen molar-refractivity contribution < 1.29 is 8.78 Å². The van der Waals surface area contributed by atoms with Crippen LogP contribution in [0.2, 0.25) is 0 Å². The summed E-state index contributed by atoms with van der Waals surface area (Å²) >= 11 is 0. The largest absolute Gasteiger partial charge is 0.383 e. The van der Waals surface area contributed by atoms with Gasteiger partial charge in [-0.2, -0.15) is 0 Å². The van der Waals surface area contributed by atoms with Gasteiger partial charge in [0.25, 0.3) is 6.43 Å². The lowest BCUT2D eigenvalue weighted by Crippen LogP contribution is -2.26. The van der Waals surface area contributed by atoms with Crippen LogP contribution in [-0.2, 0) is 6.54 Å². The van der Waals surface area contributed by atoms with E-state index < -0.39 is 12.1 Å². The molecule has 1 saturated carbocycles. The van der Waals surface area contributed by atoms with Crippen LogP contribution in [0, 0.1) is 11.3 Å². The van der Waals surface area contributed by atoms with Gasteiger partial charge in [0.05, 0.1) is 28.5 Å². The second kappa shape index (κ2) is 11.7. The van der Waals surface area contributed by atoms with E-state index in [2.05, 4.69) is 46.6 Å². The number of hydrogen-bond acceptors (Lipinski definition) is 5. The van der Waals surface area contributed by atoms with Crippen LogP contribution in [0.5, 0.6) is 0 Å². The van der Waals surface area contributed by atoms with Gasteiger partial charge in [-0.15, -0.1) is 0 Å². The molecule has 1 heterocycles. The summed E-state index contributed by atoms with van der Waals surface area (Å²) in [6, 6.07) is 6.18. The van der Waals surface area contributed by atoms with E-state index in [1.54, 1.807) is 12.2 Å².